The van der Waals surface area contributed by atoms with Gasteiger partial charge in [0.2, 0.25) is 0 Å². The van der Waals surface area contributed by atoms with Crippen LogP contribution < -0.4 is 10.5 Å². The first-order valence-electron chi connectivity index (χ1n) is 7.42. The molecule has 0 aliphatic rings. The van der Waals surface area contributed by atoms with Crippen molar-refractivity contribution in [3.8, 4) is 17.3 Å². The Bertz CT molecular complexity index is 989. The molecule has 0 amide bonds. The van der Waals surface area contributed by atoms with Crippen molar-refractivity contribution in [3.63, 3.8) is 0 Å². The summed E-state index contributed by atoms with van der Waals surface area (Å²) in [6.07, 6.45) is 2.88. The number of nitrogens with two attached hydrogens (primary N) is 1. The Balaban J connectivity index is 2.03. The monoisotopic (exact) mass is 360 g/mol. The zero-order valence-corrected chi connectivity index (χ0v) is 13.9. The van der Waals surface area contributed by atoms with Gasteiger partial charge in [0.05, 0.1) is 31.3 Å². The molecule has 8 nitrogen and oxygen atoms in total. The average Bonchev–Trinajstić information content (AvgIpc) is 3.00. The minimum Gasteiger partial charge on any atom is -0.467 e. The quantitative estimate of drug-likeness (QED) is 0.688. The number of carbonyl (C=O) groups excluding carboxylic acids is 1. The van der Waals surface area contributed by atoms with Gasteiger partial charge in [-0.2, -0.15) is 10.1 Å². The van der Waals surface area contributed by atoms with Crippen LogP contribution in [0.1, 0.15) is 16.1 Å². The smallest absolute Gasteiger partial charge is 0.316 e. The summed E-state index contributed by atoms with van der Waals surface area (Å²) in [5.74, 6) is -1.80. The molecule has 3 aromatic rings. The first-order chi connectivity index (χ1) is 12.4. The zero-order chi connectivity index (χ0) is 18.8. The Morgan fingerprint density at radius 2 is 1.96 bits per heavy atom. The normalized spacial score (nSPS) is 10.8. The lowest BCUT2D eigenvalue weighted by atomic mass is 10.0. The molecule has 0 aliphatic heterocycles. The van der Waals surface area contributed by atoms with Gasteiger partial charge in [0, 0.05) is 19.0 Å². The first-order valence-corrected chi connectivity index (χ1v) is 7.42. The van der Waals surface area contributed by atoms with E-state index in [2.05, 4.69) is 20.1 Å². The molecule has 2 N–H and O–H groups in total. The predicted octanol–water partition coefficient (Wildman–Crippen LogP) is 1.57. The number of pyridine rings is 1. The summed E-state index contributed by atoms with van der Waals surface area (Å²) in [5, 5.41) is 3.99. The Labute approximate surface area is 146 Å². The zero-order valence-electron chi connectivity index (χ0n) is 13.9. The van der Waals surface area contributed by atoms with Gasteiger partial charge < -0.3 is 10.5 Å². The number of anilines is 1. The number of aromatic nitrogens is 5. The van der Waals surface area contributed by atoms with Crippen LogP contribution in [0.15, 0.2) is 24.7 Å². The molecule has 0 bridgehead atoms. The molecule has 3 heterocycles. The highest BCUT2D eigenvalue weighted by Gasteiger charge is 2.23. The number of aryl methyl sites for hydroxylation is 1. The maximum Gasteiger partial charge on any atom is 0.316 e. The van der Waals surface area contributed by atoms with Crippen LogP contribution in [0.25, 0.3) is 11.3 Å². The topological polar surface area (TPSA) is 109 Å². The first kappa shape index (κ1) is 17.4. The molecule has 0 atom stereocenters. The van der Waals surface area contributed by atoms with Crippen LogP contribution in [0.2, 0.25) is 0 Å². The fraction of sp³-hybridized carbons (Fsp3) is 0.188. The molecule has 3 rings (SSSR count). The summed E-state index contributed by atoms with van der Waals surface area (Å²) in [7, 11) is 2.85. The van der Waals surface area contributed by atoms with E-state index in [0.717, 1.165) is 12.4 Å². The van der Waals surface area contributed by atoms with E-state index in [4.69, 9.17) is 10.5 Å². The average molecular weight is 360 g/mol. The summed E-state index contributed by atoms with van der Waals surface area (Å²) in [6.45, 7) is 0. The highest BCUT2D eigenvalue weighted by molar-refractivity contribution is 6.01. The maximum atomic E-state index is 14.2. The van der Waals surface area contributed by atoms with Gasteiger partial charge in [0.15, 0.2) is 11.6 Å². The van der Waals surface area contributed by atoms with E-state index in [9.17, 15) is 13.6 Å². The van der Waals surface area contributed by atoms with Crippen LogP contribution in [-0.2, 0) is 13.5 Å². The van der Waals surface area contributed by atoms with Crippen LogP contribution in [0, 0.1) is 11.6 Å². The van der Waals surface area contributed by atoms with E-state index >= 15 is 0 Å². The molecule has 0 saturated carbocycles. The number of halogens is 2. The highest BCUT2D eigenvalue weighted by Crippen LogP contribution is 2.26. The standard InChI is InChI=1S/C16H14F2N6O2/c1-24-15(12(25)3-8-4-13(19)20-6-10(8)17)9(5-22-24)14-11(18)7-21-16(23-14)26-2/h4-7H,3H2,1-2H3,(H2,19,20). The fourth-order valence-electron chi connectivity index (χ4n) is 2.47. The van der Waals surface area contributed by atoms with E-state index in [1.807, 2.05) is 0 Å². The Morgan fingerprint density at radius 1 is 1.23 bits per heavy atom. The molecule has 0 fully saturated rings. The van der Waals surface area contributed by atoms with Crippen molar-refractivity contribution in [2.24, 2.45) is 7.05 Å². The van der Waals surface area contributed by atoms with Crippen molar-refractivity contribution in [2.75, 3.05) is 12.8 Å². The Morgan fingerprint density at radius 3 is 2.69 bits per heavy atom. The lowest BCUT2D eigenvalue weighted by molar-refractivity contribution is 0.0983. The second kappa shape index (κ2) is 6.82. The molecule has 10 heteroatoms. The molecule has 0 aliphatic carbocycles. The van der Waals surface area contributed by atoms with Gasteiger partial charge in [0.25, 0.3) is 0 Å². The number of nitrogens with zero attached hydrogens (tertiary/aromatic N) is 5. The van der Waals surface area contributed by atoms with Crippen LogP contribution in [0.5, 0.6) is 6.01 Å². The van der Waals surface area contributed by atoms with E-state index in [1.54, 1.807) is 0 Å². The summed E-state index contributed by atoms with van der Waals surface area (Å²) in [6, 6.07) is 1.22. The SMILES string of the molecule is COc1ncc(F)c(-c2cnn(C)c2C(=O)Cc2cc(N)ncc2F)n1. The predicted molar refractivity (Wildman–Crippen MR) is 87.4 cm³/mol. The minimum absolute atomic E-state index is 0.0587. The third-order valence-corrected chi connectivity index (χ3v) is 3.67. The summed E-state index contributed by atoms with van der Waals surface area (Å²) < 4.78 is 34.2. The number of hydrogen-bond acceptors (Lipinski definition) is 7. The number of hydrogen-bond donors (Lipinski definition) is 1. The lowest BCUT2D eigenvalue weighted by Gasteiger charge is -2.08. The number of methoxy groups -OCH3 is 1. The molecule has 0 saturated heterocycles. The van der Waals surface area contributed by atoms with Crippen LogP contribution in [0.3, 0.4) is 0 Å². The maximum absolute atomic E-state index is 14.2. The van der Waals surface area contributed by atoms with Crippen LogP contribution in [-0.4, -0.2) is 37.6 Å². The van der Waals surface area contributed by atoms with E-state index in [-0.39, 0.29) is 40.8 Å². The van der Waals surface area contributed by atoms with Crippen molar-refractivity contribution in [3.05, 3.63) is 47.5 Å². The number of nitrogen functional groups attached to an aromatic ring is 1. The number of rotatable bonds is 5. The van der Waals surface area contributed by atoms with Crippen molar-refractivity contribution < 1.29 is 18.3 Å². The van der Waals surface area contributed by atoms with Crippen molar-refractivity contribution >= 4 is 11.6 Å². The van der Waals surface area contributed by atoms with E-state index in [1.165, 1.54) is 31.1 Å². The van der Waals surface area contributed by atoms with Gasteiger partial charge in [-0.05, 0) is 6.07 Å². The number of ether oxygens (including phenoxy) is 1. The minimum atomic E-state index is -0.743. The summed E-state index contributed by atoms with van der Waals surface area (Å²) in [4.78, 5) is 24.0. The second-order valence-electron chi connectivity index (χ2n) is 5.38. The van der Waals surface area contributed by atoms with E-state index in [0.29, 0.717) is 0 Å². The molecule has 134 valence electrons. The molecular weight excluding hydrogens is 346 g/mol. The number of Topliss-reactive ketones (excluding diaryl/α,β-unsaturated/α-hetero) is 1. The van der Waals surface area contributed by atoms with Gasteiger partial charge in [-0.25, -0.2) is 18.7 Å². The molecule has 0 aromatic carbocycles. The van der Waals surface area contributed by atoms with E-state index < -0.39 is 17.4 Å². The van der Waals surface area contributed by atoms with Crippen molar-refractivity contribution in [1.82, 2.24) is 24.7 Å². The molecule has 0 spiro atoms. The number of ketones is 1. The molecule has 3 aromatic heterocycles. The highest BCUT2D eigenvalue weighted by atomic mass is 19.1. The lowest BCUT2D eigenvalue weighted by Crippen LogP contribution is -2.13. The van der Waals surface area contributed by atoms with Gasteiger partial charge in [-0.15, -0.1) is 0 Å². The van der Waals surface area contributed by atoms with Crippen LogP contribution in [0.4, 0.5) is 14.6 Å². The molecule has 0 unspecified atom stereocenters. The van der Waals surface area contributed by atoms with Gasteiger partial charge in [-0.1, -0.05) is 0 Å². The molecular formula is C16H14F2N6O2. The van der Waals surface area contributed by atoms with Gasteiger partial charge >= 0.3 is 6.01 Å². The molecule has 0 radical (unpaired) electrons. The Kier molecular flexibility index (Phi) is 4.57. The Hall–Kier alpha value is -3.43. The second-order valence-corrected chi connectivity index (χ2v) is 5.38. The summed E-state index contributed by atoms with van der Waals surface area (Å²) in [5.41, 5.74) is 5.70. The fourth-order valence-corrected chi connectivity index (χ4v) is 2.47. The molecule has 26 heavy (non-hydrogen) atoms. The van der Waals surface area contributed by atoms with Crippen LogP contribution >= 0.6 is 0 Å². The van der Waals surface area contributed by atoms with Gasteiger partial charge in [0.1, 0.15) is 23.0 Å². The van der Waals surface area contributed by atoms with Crippen molar-refractivity contribution in [1.29, 1.82) is 0 Å². The summed E-state index contributed by atoms with van der Waals surface area (Å²) >= 11 is 0. The number of carbonyl (C=O) groups is 1. The third-order valence-electron chi connectivity index (χ3n) is 3.67. The van der Waals surface area contributed by atoms with Crippen molar-refractivity contribution in [2.45, 2.75) is 6.42 Å². The largest absolute Gasteiger partial charge is 0.467 e. The third kappa shape index (κ3) is 3.21. The van der Waals surface area contributed by atoms with Gasteiger partial charge in [-0.3, -0.25) is 9.48 Å².